The molecular formula is C11H16N2O. The van der Waals surface area contributed by atoms with Crippen LogP contribution in [0.25, 0.3) is 0 Å². The van der Waals surface area contributed by atoms with Gasteiger partial charge in [0.05, 0.1) is 0 Å². The molecule has 0 spiro atoms. The second-order valence-corrected chi connectivity index (χ2v) is 3.46. The summed E-state index contributed by atoms with van der Waals surface area (Å²) in [6.45, 7) is 2.80. The molecule has 0 fully saturated rings. The number of primary amides is 1. The molecule has 1 unspecified atom stereocenters. The number of rotatable bonds is 4. The van der Waals surface area contributed by atoms with Crippen molar-refractivity contribution in [1.29, 1.82) is 0 Å². The van der Waals surface area contributed by atoms with E-state index in [-0.39, 0.29) is 5.91 Å². The molecule has 14 heavy (non-hydrogen) atoms. The van der Waals surface area contributed by atoms with Crippen LogP contribution in [0.1, 0.15) is 35.2 Å². The maximum Gasteiger partial charge on any atom is 0.248 e. The minimum atomic E-state index is -0.386. The van der Waals surface area contributed by atoms with E-state index in [9.17, 15) is 4.79 Å². The molecule has 0 bridgehead atoms. The van der Waals surface area contributed by atoms with Crippen molar-refractivity contribution in [2.24, 2.45) is 11.5 Å². The summed E-state index contributed by atoms with van der Waals surface area (Å²) in [6, 6.07) is 7.37. The highest BCUT2D eigenvalue weighted by Gasteiger charge is 2.05. The van der Waals surface area contributed by atoms with E-state index in [0.717, 1.165) is 6.42 Å². The third-order valence-electron chi connectivity index (χ3n) is 2.36. The summed E-state index contributed by atoms with van der Waals surface area (Å²) >= 11 is 0. The molecule has 0 saturated carbocycles. The van der Waals surface area contributed by atoms with Gasteiger partial charge in [-0.05, 0) is 36.6 Å². The van der Waals surface area contributed by atoms with E-state index < -0.39 is 0 Å². The van der Waals surface area contributed by atoms with Gasteiger partial charge in [0, 0.05) is 5.56 Å². The molecule has 3 heteroatoms. The average Bonchev–Trinajstić information content (AvgIpc) is 2.18. The zero-order valence-electron chi connectivity index (χ0n) is 8.36. The number of hydrogen-bond donors (Lipinski definition) is 2. The molecule has 0 aliphatic rings. The van der Waals surface area contributed by atoms with Crippen LogP contribution >= 0.6 is 0 Å². The molecule has 1 aromatic carbocycles. The third kappa shape index (κ3) is 2.57. The Kier molecular flexibility index (Phi) is 3.65. The first-order valence-corrected chi connectivity index (χ1v) is 4.75. The number of amides is 1. The number of nitrogens with two attached hydrogens (primary N) is 2. The van der Waals surface area contributed by atoms with E-state index in [1.54, 1.807) is 12.1 Å². The van der Waals surface area contributed by atoms with E-state index >= 15 is 0 Å². The molecule has 0 saturated heterocycles. The Morgan fingerprint density at radius 3 is 2.36 bits per heavy atom. The van der Waals surface area contributed by atoms with E-state index in [0.29, 0.717) is 18.0 Å². The van der Waals surface area contributed by atoms with Gasteiger partial charge in [0.2, 0.25) is 5.91 Å². The Morgan fingerprint density at radius 2 is 1.93 bits per heavy atom. The highest BCUT2D eigenvalue weighted by Crippen LogP contribution is 2.18. The molecule has 0 radical (unpaired) electrons. The Balaban J connectivity index is 2.77. The zero-order valence-corrected chi connectivity index (χ0v) is 8.36. The van der Waals surface area contributed by atoms with Gasteiger partial charge in [0.15, 0.2) is 0 Å². The van der Waals surface area contributed by atoms with Crippen molar-refractivity contribution in [1.82, 2.24) is 0 Å². The van der Waals surface area contributed by atoms with Crippen molar-refractivity contribution in [3.05, 3.63) is 35.4 Å². The maximum atomic E-state index is 10.8. The lowest BCUT2D eigenvalue weighted by Crippen LogP contribution is -2.11. The van der Waals surface area contributed by atoms with Crippen molar-refractivity contribution >= 4 is 5.91 Å². The molecule has 3 nitrogen and oxygen atoms in total. The van der Waals surface area contributed by atoms with E-state index in [2.05, 4.69) is 6.92 Å². The van der Waals surface area contributed by atoms with Crippen molar-refractivity contribution in [3.63, 3.8) is 0 Å². The smallest absolute Gasteiger partial charge is 0.248 e. The number of hydrogen-bond acceptors (Lipinski definition) is 2. The lowest BCUT2D eigenvalue weighted by molar-refractivity contribution is 0.100. The molecule has 1 rings (SSSR count). The number of carbonyl (C=O) groups excluding carboxylic acids is 1. The summed E-state index contributed by atoms with van der Waals surface area (Å²) in [4.78, 5) is 10.8. The zero-order chi connectivity index (χ0) is 10.6. The summed E-state index contributed by atoms with van der Waals surface area (Å²) in [5.41, 5.74) is 12.4. The molecule has 4 N–H and O–H groups in total. The molecule has 1 amide bonds. The molecule has 1 atom stereocenters. The normalized spacial score (nSPS) is 12.4. The Labute approximate surface area is 84.1 Å². The minimum absolute atomic E-state index is 0.386. The lowest BCUT2D eigenvalue weighted by Gasteiger charge is -2.10. The average molecular weight is 192 g/mol. The highest BCUT2D eigenvalue weighted by molar-refractivity contribution is 5.92. The second-order valence-electron chi connectivity index (χ2n) is 3.46. The summed E-state index contributed by atoms with van der Waals surface area (Å²) in [5.74, 6) is 0.0463. The Hall–Kier alpha value is -1.35. The van der Waals surface area contributed by atoms with Gasteiger partial charge in [0.1, 0.15) is 0 Å². The quantitative estimate of drug-likeness (QED) is 0.753. The first kappa shape index (κ1) is 10.7. The predicted octanol–water partition coefficient (Wildman–Crippen LogP) is 1.24. The molecule has 0 aliphatic heterocycles. The Bertz CT molecular complexity index is 306. The largest absolute Gasteiger partial charge is 0.366 e. The van der Waals surface area contributed by atoms with E-state index in [4.69, 9.17) is 11.5 Å². The first-order valence-electron chi connectivity index (χ1n) is 4.75. The fourth-order valence-corrected chi connectivity index (χ4v) is 1.39. The van der Waals surface area contributed by atoms with Gasteiger partial charge in [-0.15, -0.1) is 0 Å². The fraction of sp³-hybridized carbons (Fsp3) is 0.364. The van der Waals surface area contributed by atoms with Crippen LogP contribution in [0.2, 0.25) is 0 Å². The second kappa shape index (κ2) is 4.77. The van der Waals surface area contributed by atoms with Crippen LogP contribution in [0.5, 0.6) is 0 Å². The van der Waals surface area contributed by atoms with Crippen molar-refractivity contribution in [3.8, 4) is 0 Å². The van der Waals surface area contributed by atoms with Crippen LogP contribution in [0.4, 0.5) is 0 Å². The molecule has 0 heterocycles. The molecule has 0 aliphatic carbocycles. The van der Waals surface area contributed by atoms with Crippen LogP contribution in [0.15, 0.2) is 24.3 Å². The summed E-state index contributed by atoms with van der Waals surface area (Å²) < 4.78 is 0. The van der Waals surface area contributed by atoms with Gasteiger partial charge >= 0.3 is 0 Å². The van der Waals surface area contributed by atoms with Crippen LogP contribution in [0, 0.1) is 0 Å². The van der Waals surface area contributed by atoms with Gasteiger partial charge in [0.25, 0.3) is 0 Å². The number of carbonyl (C=O) groups is 1. The topological polar surface area (TPSA) is 69.1 Å². The molecular weight excluding hydrogens is 176 g/mol. The van der Waals surface area contributed by atoms with E-state index in [1.165, 1.54) is 5.56 Å². The third-order valence-corrected chi connectivity index (χ3v) is 2.36. The summed E-state index contributed by atoms with van der Waals surface area (Å²) in [6.07, 6.45) is 0.954. The molecule has 76 valence electrons. The van der Waals surface area contributed by atoms with Crippen molar-refractivity contribution < 1.29 is 4.79 Å². The van der Waals surface area contributed by atoms with Gasteiger partial charge < -0.3 is 11.5 Å². The Morgan fingerprint density at radius 1 is 1.36 bits per heavy atom. The minimum Gasteiger partial charge on any atom is -0.366 e. The summed E-state index contributed by atoms with van der Waals surface area (Å²) in [5, 5.41) is 0. The highest BCUT2D eigenvalue weighted by atomic mass is 16.1. The standard InChI is InChI=1S/C11H16N2O/c1-8(6-7-12)9-2-4-10(5-3-9)11(13)14/h2-5,8H,6-7,12H2,1H3,(H2,13,14). The summed E-state index contributed by atoms with van der Waals surface area (Å²) in [7, 11) is 0. The van der Waals surface area contributed by atoms with Crippen LogP contribution in [-0.4, -0.2) is 12.5 Å². The van der Waals surface area contributed by atoms with Crippen molar-refractivity contribution in [2.45, 2.75) is 19.3 Å². The van der Waals surface area contributed by atoms with Crippen LogP contribution in [0.3, 0.4) is 0 Å². The van der Waals surface area contributed by atoms with Crippen LogP contribution < -0.4 is 11.5 Å². The molecule has 0 aromatic heterocycles. The monoisotopic (exact) mass is 192 g/mol. The van der Waals surface area contributed by atoms with Gasteiger partial charge in [-0.3, -0.25) is 4.79 Å². The number of benzene rings is 1. The van der Waals surface area contributed by atoms with Gasteiger partial charge in [-0.25, -0.2) is 0 Å². The fourth-order valence-electron chi connectivity index (χ4n) is 1.39. The van der Waals surface area contributed by atoms with Gasteiger partial charge in [-0.1, -0.05) is 19.1 Å². The van der Waals surface area contributed by atoms with Crippen molar-refractivity contribution in [2.75, 3.05) is 6.54 Å². The predicted molar refractivity (Wildman–Crippen MR) is 57.0 cm³/mol. The maximum absolute atomic E-state index is 10.8. The molecule has 1 aromatic rings. The lowest BCUT2D eigenvalue weighted by atomic mass is 9.97. The van der Waals surface area contributed by atoms with E-state index in [1.807, 2.05) is 12.1 Å². The first-order chi connectivity index (χ1) is 6.65. The van der Waals surface area contributed by atoms with Crippen LogP contribution in [-0.2, 0) is 0 Å². The SMILES string of the molecule is CC(CCN)c1ccc(C(N)=O)cc1. The van der Waals surface area contributed by atoms with Gasteiger partial charge in [-0.2, -0.15) is 0 Å².